The number of halogens is 1. The Kier molecular flexibility index (Phi) is 12.0. The van der Waals surface area contributed by atoms with E-state index in [1.165, 1.54) is 0 Å². The van der Waals surface area contributed by atoms with Gasteiger partial charge in [-0.25, -0.2) is 0 Å². The van der Waals surface area contributed by atoms with Gasteiger partial charge >= 0.3 is 46.9 Å². The Hall–Kier alpha value is 1.21. The van der Waals surface area contributed by atoms with Crippen LogP contribution in [0.2, 0.25) is 0 Å². The zero-order valence-corrected chi connectivity index (χ0v) is 9.28. The number of carboxylic acid groups (broad SMARTS) is 1. The molecule has 0 aromatic carbocycles. The Labute approximate surface area is 95.6 Å². The van der Waals surface area contributed by atoms with Gasteiger partial charge in [-0.2, -0.15) is 0 Å². The van der Waals surface area contributed by atoms with Crippen molar-refractivity contribution in [2.75, 3.05) is 6.61 Å². The number of hydrogen-bond acceptors (Lipinski definition) is 4. The minimum absolute atomic E-state index is 0. The molecule has 4 nitrogen and oxygen atoms in total. The molecule has 7 heteroatoms. The molecule has 0 aromatic rings. The Morgan fingerprint density at radius 1 is 1.70 bits per heavy atom. The Morgan fingerprint density at radius 3 is 2.00 bits per heavy atom. The summed E-state index contributed by atoms with van der Waals surface area (Å²) < 4.78 is 0. The van der Waals surface area contributed by atoms with Crippen LogP contribution in [0.25, 0.3) is 0 Å². The van der Waals surface area contributed by atoms with Crippen molar-refractivity contribution >= 4 is 34.9 Å². The van der Waals surface area contributed by atoms with Crippen molar-refractivity contribution in [3.63, 3.8) is 0 Å². The Bertz CT molecular complexity index is 109. The number of aliphatic hydroxyl groups is 2. The molecule has 0 rings (SSSR count). The minimum Gasteiger partial charge on any atom is -0.546 e. The van der Waals surface area contributed by atoms with E-state index in [2.05, 4.69) is 0 Å². The molecular weight excluding hydrogens is 185 g/mol. The number of alkyl halides is 1. The van der Waals surface area contributed by atoms with Gasteiger partial charge < -0.3 is 20.1 Å². The fourth-order valence-corrected chi connectivity index (χ4v) is 0.0645. The number of carbonyl (C=O) groups excluding carboxylic acids is 1. The quantitative estimate of drug-likeness (QED) is 0.335. The van der Waals surface area contributed by atoms with Crippen molar-refractivity contribution in [3.05, 3.63) is 0 Å². The molecule has 0 saturated carbocycles. The average molecular weight is 189 g/mol. The van der Waals surface area contributed by atoms with Gasteiger partial charge in [-0.05, 0) is 0 Å². The first kappa shape index (κ1) is 17.3. The molecule has 48 valence electrons. The summed E-state index contributed by atoms with van der Waals surface area (Å²) >= 11 is 4.70. The number of rotatable bonds is 2. The van der Waals surface area contributed by atoms with E-state index < -0.39 is 17.6 Å². The van der Waals surface area contributed by atoms with Crippen LogP contribution in [0, 0.1) is 0 Å². The van der Waals surface area contributed by atoms with Crippen molar-refractivity contribution in [2.24, 2.45) is 0 Å². The van der Waals surface area contributed by atoms with Gasteiger partial charge in [-0.1, -0.05) is 11.6 Å². The predicted molar refractivity (Wildman–Crippen MR) is 28.6 cm³/mol. The molecule has 2 N–H and O–H groups in total. The van der Waals surface area contributed by atoms with E-state index in [1.807, 2.05) is 0 Å². The second-order valence-corrected chi connectivity index (χ2v) is 1.83. The third-order valence-corrected chi connectivity index (χ3v) is 0.796. The minimum atomic E-state index is -2.62. The van der Waals surface area contributed by atoms with Gasteiger partial charge in [0.05, 0.1) is 12.6 Å². The topological polar surface area (TPSA) is 80.6 Å². The molecular formula is C3H4AlClNaO4+3. The van der Waals surface area contributed by atoms with E-state index in [9.17, 15) is 9.90 Å². The van der Waals surface area contributed by atoms with Gasteiger partial charge in [0, 0.05) is 0 Å². The summed E-state index contributed by atoms with van der Waals surface area (Å²) in [5, 5.41) is 23.2. The maximum absolute atomic E-state index is 9.60. The molecule has 0 aromatic heterocycles. The van der Waals surface area contributed by atoms with Gasteiger partial charge in [0.25, 0.3) is 0 Å². The summed E-state index contributed by atoms with van der Waals surface area (Å²) in [5.74, 6) is -1.90. The van der Waals surface area contributed by atoms with Crippen LogP contribution >= 0.6 is 11.6 Å². The van der Waals surface area contributed by atoms with Crippen molar-refractivity contribution in [2.45, 2.75) is 5.06 Å². The van der Waals surface area contributed by atoms with Gasteiger partial charge in [0.15, 0.2) is 0 Å². The molecule has 0 fully saturated rings. The van der Waals surface area contributed by atoms with Crippen LogP contribution in [0.5, 0.6) is 0 Å². The smallest absolute Gasteiger partial charge is 0.546 e. The number of hydrogen-bond donors (Lipinski definition) is 2. The van der Waals surface area contributed by atoms with Crippen molar-refractivity contribution in [1.29, 1.82) is 0 Å². The van der Waals surface area contributed by atoms with E-state index in [1.54, 1.807) is 0 Å². The summed E-state index contributed by atoms with van der Waals surface area (Å²) in [4.78, 5) is 9.60. The molecule has 0 saturated heterocycles. The number of carboxylic acids is 1. The standard InChI is InChI=1S/C3H5ClO4.Al.Na/c4-3(8,1-5)2(6)7;;/h5,8H,1H2,(H,6,7);;/q;+3;+1/p-1. The first-order valence-corrected chi connectivity index (χ1v) is 2.12. The van der Waals surface area contributed by atoms with Gasteiger partial charge in [0.2, 0.25) is 5.06 Å². The van der Waals surface area contributed by atoms with Crippen LogP contribution in [0.1, 0.15) is 0 Å². The first-order chi connectivity index (χ1) is 3.50. The molecule has 10 heavy (non-hydrogen) atoms. The van der Waals surface area contributed by atoms with Crippen molar-refractivity contribution in [3.8, 4) is 0 Å². The average Bonchev–Trinajstić information content (AvgIpc) is 1.67. The zero-order valence-electron chi connectivity index (χ0n) is 5.37. The maximum atomic E-state index is 9.60. The van der Waals surface area contributed by atoms with Crippen LogP contribution in [0.4, 0.5) is 0 Å². The summed E-state index contributed by atoms with van der Waals surface area (Å²) in [6.07, 6.45) is 0. The summed E-state index contributed by atoms with van der Waals surface area (Å²) in [6, 6.07) is 0. The van der Waals surface area contributed by atoms with Crippen LogP contribution in [-0.2, 0) is 4.79 Å². The van der Waals surface area contributed by atoms with Crippen molar-refractivity contribution in [1.82, 2.24) is 0 Å². The normalized spacial score (nSPS) is 13.9. The molecule has 1 atom stereocenters. The SMILES string of the molecule is O=C([O-])C(O)(Cl)CO.[Al+3].[Na+]. The summed E-state index contributed by atoms with van der Waals surface area (Å²) in [6.45, 7) is -1.06. The molecule has 0 spiro atoms. The molecule has 0 radical (unpaired) electrons. The monoisotopic (exact) mass is 189 g/mol. The maximum Gasteiger partial charge on any atom is 3.00 e. The van der Waals surface area contributed by atoms with Crippen LogP contribution in [-0.4, -0.2) is 45.2 Å². The van der Waals surface area contributed by atoms with Crippen molar-refractivity contribution < 1.29 is 49.7 Å². The van der Waals surface area contributed by atoms with E-state index >= 15 is 0 Å². The van der Waals surface area contributed by atoms with E-state index in [4.69, 9.17) is 21.8 Å². The number of aliphatic hydroxyl groups excluding tert-OH is 1. The van der Waals surface area contributed by atoms with Gasteiger partial charge in [0.1, 0.15) is 0 Å². The van der Waals surface area contributed by atoms with E-state index in [0.29, 0.717) is 0 Å². The number of aliphatic carboxylic acids is 1. The molecule has 0 aliphatic carbocycles. The van der Waals surface area contributed by atoms with Gasteiger partial charge in [-0.3, -0.25) is 0 Å². The second kappa shape index (κ2) is 6.89. The van der Waals surface area contributed by atoms with E-state index in [0.717, 1.165) is 0 Å². The molecule has 0 aliphatic heterocycles. The largest absolute Gasteiger partial charge is 3.00 e. The number of carbonyl (C=O) groups is 1. The van der Waals surface area contributed by atoms with Crippen LogP contribution < -0.4 is 34.7 Å². The van der Waals surface area contributed by atoms with Crippen LogP contribution in [0.15, 0.2) is 0 Å². The Morgan fingerprint density at radius 2 is 2.00 bits per heavy atom. The molecule has 0 heterocycles. The first-order valence-electron chi connectivity index (χ1n) is 1.74. The molecule has 0 bridgehead atoms. The fourth-order valence-electron chi connectivity index (χ4n) is 0.0645. The molecule has 1 unspecified atom stereocenters. The van der Waals surface area contributed by atoms with E-state index in [-0.39, 0.29) is 46.9 Å². The predicted octanol–water partition coefficient (Wildman–Crippen LogP) is -5.72. The Balaban J connectivity index is -0.000000245. The third kappa shape index (κ3) is 5.96. The second-order valence-electron chi connectivity index (χ2n) is 1.20. The molecule has 0 aliphatic rings. The third-order valence-electron chi connectivity index (χ3n) is 0.522. The zero-order chi connectivity index (χ0) is 6.78. The van der Waals surface area contributed by atoms with Crippen LogP contribution in [0.3, 0.4) is 0 Å². The summed E-state index contributed by atoms with van der Waals surface area (Å²) in [7, 11) is 0. The van der Waals surface area contributed by atoms with Gasteiger partial charge in [-0.15, -0.1) is 0 Å². The summed E-state index contributed by atoms with van der Waals surface area (Å²) in [5.41, 5.74) is 0. The molecule has 0 amide bonds. The fraction of sp³-hybridized carbons (Fsp3) is 0.667.